The molecule has 2 rings (SSSR count). The molecule has 118 valence electrons. The Balaban J connectivity index is 1.92. The van der Waals surface area contributed by atoms with Crippen LogP contribution in [0.2, 0.25) is 5.02 Å². The first-order valence-electron chi connectivity index (χ1n) is 6.66. The van der Waals surface area contributed by atoms with Crippen LogP contribution in [0, 0.1) is 0 Å². The van der Waals surface area contributed by atoms with Crippen molar-refractivity contribution >= 4 is 11.6 Å². The van der Waals surface area contributed by atoms with Crippen molar-refractivity contribution in [3.05, 3.63) is 34.9 Å². The molecule has 21 heavy (non-hydrogen) atoms. The Kier molecular flexibility index (Phi) is 4.82. The molecule has 1 saturated heterocycles. The van der Waals surface area contributed by atoms with Crippen LogP contribution in [0.15, 0.2) is 24.3 Å². The van der Waals surface area contributed by atoms with Crippen molar-refractivity contribution in [2.45, 2.75) is 30.7 Å². The van der Waals surface area contributed by atoms with Crippen molar-refractivity contribution in [1.29, 1.82) is 0 Å². The fourth-order valence-corrected chi connectivity index (χ4v) is 2.65. The van der Waals surface area contributed by atoms with E-state index < -0.39 is 17.9 Å². The quantitative estimate of drug-likeness (QED) is 0.899. The number of β-amino-alcohol motifs (C(OH)–C–C–N with tert-alkyl or cyclic N) is 1. The Hall–Kier alpha value is -0.820. The van der Waals surface area contributed by atoms with Gasteiger partial charge >= 0.3 is 6.18 Å². The maximum Gasteiger partial charge on any atom is 0.417 e. The van der Waals surface area contributed by atoms with Crippen LogP contribution in [0.25, 0.3) is 0 Å². The summed E-state index contributed by atoms with van der Waals surface area (Å²) in [7, 11) is 0. The van der Waals surface area contributed by atoms with Gasteiger partial charge in [0, 0.05) is 24.7 Å². The van der Waals surface area contributed by atoms with Gasteiger partial charge in [-0.3, -0.25) is 0 Å². The number of benzene rings is 1. The highest BCUT2D eigenvalue weighted by molar-refractivity contribution is 6.30. The van der Waals surface area contributed by atoms with E-state index in [9.17, 15) is 23.4 Å². The van der Waals surface area contributed by atoms with Crippen LogP contribution >= 0.6 is 11.6 Å². The third-order valence-electron chi connectivity index (χ3n) is 3.88. The van der Waals surface area contributed by atoms with E-state index >= 15 is 0 Å². The molecule has 0 aliphatic carbocycles. The summed E-state index contributed by atoms with van der Waals surface area (Å²) >= 11 is 5.84. The summed E-state index contributed by atoms with van der Waals surface area (Å²) in [4.78, 5) is 1.71. The molecule has 1 heterocycles. The summed E-state index contributed by atoms with van der Waals surface area (Å²) in [6.07, 6.45) is -6.18. The third-order valence-corrected chi connectivity index (χ3v) is 4.11. The Labute approximate surface area is 125 Å². The molecular formula is C14H17ClF3NO2. The molecule has 1 aliphatic rings. The zero-order valence-electron chi connectivity index (χ0n) is 11.3. The second-order valence-corrected chi connectivity index (χ2v) is 5.84. The highest BCUT2D eigenvalue weighted by atomic mass is 35.5. The topological polar surface area (TPSA) is 43.7 Å². The first-order chi connectivity index (χ1) is 9.71. The summed E-state index contributed by atoms with van der Waals surface area (Å²) in [5, 5.41) is 20.2. The Morgan fingerprint density at radius 3 is 2.43 bits per heavy atom. The number of aliphatic hydroxyl groups excluding tert-OH is 1. The largest absolute Gasteiger partial charge is 0.417 e. The van der Waals surface area contributed by atoms with Crippen molar-refractivity contribution < 1.29 is 23.4 Å². The Morgan fingerprint density at radius 2 is 1.90 bits per heavy atom. The van der Waals surface area contributed by atoms with E-state index in [1.54, 1.807) is 29.2 Å². The number of alkyl halides is 3. The number of hydrogen-bond acceptors (Lipinski definition) is 3. The molecule has 1 fully saturated rings. The van der Waals surface area contributed by atoms with Gasteiger partial charge in [-0.1, -0.05) is 23.7 Å². The summed E-state index contributed by atoms with van der Waals surface area (Å²) in [6.45, 7) is 0.398. The lowest BCUT2D eigenvalue weighted by Crippen LogP contribution is -2.53. The van der Waals surface area contributed by atoms with Gasteiger partial charge in [-0.05, 0) is 30.5 Å². The van der Waals surface area contributed by atoms with Crippen LogP contribution in [-0.2, 0) is 0 Å². The van der Waals surface area contributed by atoms with Gasteiger partial charge in [0.1, 0.15) is 0 Å². The molecule has 1 aromatic rings. The molecule has 3 nitrogen and oxygen atoms in total. The fraction of sp³-hybridized carbons (Fsp3) is 0.571. The van der Waals surface area contributed by atoms with Crippen LogP contribution in [0.5, 0.6) is 0 Å². The van der Waals surface area contributed by atoms with Gasteiger partial charge in [0.25, 0.3) is 0 Å². The molecular weight excluding hydrogens is 307 g/mol. The number of halogens is 4. The van der Waals surface area contributed by atoms with Crippen LogP contribution in [0.3, 0.4) is 0 Å². The number of aliphatic hydroxyl groups is 2. The molecule has 1 aromatic carbocycles. The van der Waals surface area contributed by atoms with Gasteiger partial charge < -0.3 is 15.1 Å². The average Bonchev–Trinajstić information content (AvgIpc) is 2.40. The van der Waals surface area contributed by atoms with Crippen molar-refractivity contribution in [3.63, 3.8) is 0 Å². The van der Waals surface area contributed by atoms with E-state index in [0.29, 0.717) is 10.6 Å². The van der Waals surface area contributed by atoms with E-state index in [2.05, 4.69) is 0 Å². The predicted octanol–water partition coefficient (Wildman–Crippen LogP) is 2.76. The summed E-state index contributed by atoms with van der Waals surface area (Å²) in [5.41, 5.74) is -1.98. The SMILES string of the molecule is OC(CN1CCC(O)(C(F)(F)F)CC1)c1cccc(Cl)c1. The van der Waals surface area contributed by atoms with Gasteiger partial charge in [-0.25, -0.2) is 0 Å². The third kappa shape index (κ3) is 3.88. The molecule has 7 heteroatoms. The second kappa shape index (κ2) is 6.12. The van der Waals surface area contributed by atoms with E-state index in [4.69, 9.17) is 11.6 Å². The second-order valence-electron chi connectivity index (χ2n) is 5.40. The highest BCUT2D eigenvalue weighted by Gasteiger charge is 2.54. The average molecular weight is 324 g/mol. The van der Waals surface area contributed by atoms with Crippen LogP contribution < -0.4 is 0 Å². The molecule has 0 radical (unpaired) electrons. The van der Waals surface area contributed by atoms with Gasteiger partial charge in [-0.2, -0.15) is 13.2 Å². The predicted molar refractivity (Wildman–Crippen MR) is 73.1 cm³/mol. The van der Waals surface area contributed by atoms with Crippen molar-refractivity contribution in [3.8, 4) is 0 Å². The lowest BCUT2D eigenvalue weighted by molar-refractivity contribution is -0.273. The lowest BCUT2D eigenvalue weighted by atomic mass is 9.90. The monoisotopic (exact) mass is 323 g/mol. The van der Waals surface area contributed by atoms with Crippen molar-refractivity contribution in [1.82, 2.24) is 4.90 Å². The summed E-state index contributed by atoms with van der Waals surface area (Å²) in [6, 6.07) is 6.73. The Morgan fingerprint density at radius 1 is 1.29 bits per heavy atom. The van der Waals surface area contributed by atoms with Gasteiger partial charge in [0.05, 0.1) is 6.10 Å². The van der Waals surface area contributed by atoms with Crippen LogP contribution in [0.4, 0.5) is 13.2 Å². The molecule has 0 spiro atoms. The van der Waals surface area contributed by atoms with Gasteiger partial charge in [0.2, 0.25) is 0 Å². The van der Waals surface area contributed by atoms with E-state index in [-0.39, 0.29) is 32.5 Å². The first-order valence-corrected chi connectivity index (χ1v) is 7.04. The number of piperidine rings is 1. The standard InChI is InChI=1S/C14H17ClF3NO2/c15-11-3-1-2-10(8-11)12(20)9-19-6-4-13(21,5-7-19)14(16,17)18/h1-3,8,12,20-21H,4-7,9H2. The zero-order valence-corrected chi connectivity index (χ0v) is 12.0. The molecule has 1 unspecified atom stereocenters. The van der Waals surface area contributed by atoms with Crippen molar-refractivity contribution in [2.24, 2.45) is 0 Å². The molecule has 1 atom stereocenters. The maximum absolute atomic E-state index is 12.7. The molecule has 0 aromatic heterocycles. The minimum atomic E-state index is -4.61. The maximum atomic E-state index is 12.7. The van der Waals surface area contributed by atoms with Gasteiger partial charge in [-0.15, -0.1) is 0 Å². The van der Waals surface area contributed by atoms with Crippen LogP contribution in [-0.4, -0.2) is 46.5 Å². The fourth-order valence-electron chi connectivity index (χ4n) is 2.45. The zero-order chi connectivity index (χ0) is 15.7. The summed E-state index contributed by atoms with van der Waals surface area (Å²) < 4.78 is 38.1. The number of likely N-dealkylation sites (tertiary alicyclic amines) is 1. The highest BCUT2D eigenvalue weighted by Crippen LogP contribution is 2.38. The minimum absolute atomic E-state index is 0.0909. The number of rotatable bonds is 3. The molecule has 0 bridgehead atoms. The number of nitrogens with zero attached hydrogens (tertiary/aromatic N) is 1. The Bertz CT molecular complexity index is 487. The molecule has 2 N–H and O–H groups in total. The van der Waals surface area contributed by atoms with E-state index in [1.807, 2.05) is 0 Å². The minimum Gasteiger partial charge on any atom is -0.387 e. The normalized spacial score (nSPS) is 21.2. The molecule has 0 saturated carbocycles. The summed E-state index contributed by atoms with van der Waals surface area (Å²) in [5.74, 6) is 0. The first kappa shape index (κ1) is 16.5. The van der Waals surface area contributed by atoms with Crippen LogP contribution in [0.1, 0.15) is 24.5 Å². The van der Waals surface area contributed by atoms with Crippen molar-refractivity contribution in [2.75, 3.05) is 19.6 Å². The molecule has 1 aliphatic heterocycles. The smallest absolute Gasteiger partial charge is 0.387 e. The number of hydrogen-bond donors (Lipinski definition) is 2. The van der Waals surface area contributed by atoms with E-state index in [1.165, 1.54) is 0 Å². The lowest BCUT2D eigenvalue weighted by Gasteiger charge is -2.39. The molecule has 0 amide bonds. The van der Waals surface area contributed by atoms with E-state index in [0.717, 1.165) is 0 Å². The van der Waals surface area contributed by atoms with Gasteiger partial charge in [0.15, 0.2) is 5.60 Å².